The van der Waals surface area contributed by atoms with Crippen molar-refractivity contribution in [1.82, 2.24) is 0 Å². The molecule has 1 fully saturated rings. The average molecular weight is 308 g/mol. The van der Waals surface area contributed by atoms with Gasteiger partial charge in [0.1, 0.15) is 5.75 Å². The number of halogens is 2. The highest BCUT2D eigenvalue weighted by Gasteiger charge is 2.38. The first kappa shape index (κ1) is 16.0. The molecule has 2 nitrogen and oxygen atoms in total. The topological polar surface area (TPSA) is 35.2 Å². The van der Waals surface area contributed by atoms with Crippen LogP contribution < -0.4 is 10.5 Å². The van der Waals surface area contributed by atoms with E-state index in [0.29, 0.717) is 11.8 Å². The van der Waals surface area contributed by atoms with Gasteiger partial charge in [0.15, 0.2) is 0 Å². The maximum atomic E-state index is 6.05. The Hall–Kier alpha value is -0.0900. The van der Waals surface area contributed by atoms with E-state index in [1.54, 1.807) is 11.8 Å². The van der Waals surface area contributed by atoms with Crippen LogP contribution in [0, 0.1) is 5.92 Å². The molecule has 0 saturated heterocycles. The van der Waals surface area contributed by atoms with Gasteiger partial charge in [0, 0.05) is 10.8 Å². The van der Waals surface area contributed by atoms with E-state index in [1.807, 2.05) is 18.2 Å². The van der Waals surface area contributed by atoms with Crippen molar-refractivity contribution in [3.05, 3.63) is 28.8 Å². The van der Waals surface area contributed by atoms with Gasteiger partial charge in [-0.3, -0.25) is 0 Å². The molecule has 1 aromatic carbocycles. The van der Waals surface area contributed by atoms with Crippen molar-refractivity contribution in [1.29, 1.82) is 0 Å². The van der Waals surface area contributed by atoms with Gasteiger partial charge < -0.3 is 10.5 Å². The Labute approximate surface area is 124 Å². The normalized spacial score (nSPS) is 21.3. The highest BCUT2D eigenvalue weighted by molar-refractivity contribution is 7.98. The first-order valence-electron chi connectivity index (χ1n) is 5.87. The standard InChI is InChI=1S/C13H18ClNOS.ClH/c1-17-5-4-16-13-3-2-10(14)7-12(13)11-6-9(11)8-15;/h2-3,7,9,11H,4-6,8,15H2,1H3;1H. The molecular formula is C13H19Cl2NOS. The van der Waals surface area contributed by atoms with E-state index in [1.165, 1.54) is 5.56 Å². The first-order valence-corrected chi connectivity index (χ1v) is 7.64. The van der Waals surface area contributed by atoms with Crippen molar-refractivity contribution >= 4 is 35.8 Å². The highest BCUT2D eigenvalue weighted by Crippen LogP contribution is 2.50. The Bertz CT molecular complexity index is 389. The minimum Gasteiger partial charge on any atom is -0.492 e. The summed E-state index contributed by atoms with van der Waals surface area (Å²) in [4.78, 5) is 0. The van der Waals surface area contributed by atoms with Gasteiger partial charge in [0.25, 0.3) is 0 Å². The van der Waals surface area contributed by atoms with Crippen molar-refractivity contribution in [2.45, 2.75) is 12.3 Å². The predicted octanol–water partition coefficient (Wildman–Crippen LogP) is 3.57. The lowest BCUT2D eigenvalue weighted by Crippen LogP contribution is -2.04. The van der Waals surface area contributed by atoms with Crippen molar-refractivity contribution < 1.29 is 4.74 Å². The van der Waals surface area contributed by atoms with Crippen LogP contribution in [0.25, 0.3) is 0 Å². The van der Waals surface area contributed by atoms with Crippen molar-refractivity contribution in [2.24, 2.45) is 11.7 Å². The SMILES string of the molecule is CSCCOc1ccc(Cl)cc1C1CC1CN.Cl. The molecule has 2 unspecified atom stereocenters. The Balaban J connectivity index is 0.00000162. The summed E-state index contributed by atoms with van der Waals surface area (Å²) in [7, 11) is 0. The van der Waals surface area contributed by atoms with E-state index in [2.05, 4.69) is 6.26 Å². The summed E-state index contributed by atoms with van der Waals surface area (Å²) in [6.07, 6.45) is 3.24. The van der Waals surface area contributed by atoms with Gasteiger partial charge in [-0.05, 0) is 54.8 Å². The molecule has 1 saturated carbocycles. The van der Waals surface area contributed by atoms with Gasteiger partial charge in [-0.25, -0.2) is 0 Å². The third kappa shape index (κ3) is 3.95. The molecule has 102 valence electrons. The zero-order valence-corrected chi connectivity index (χ0v) is 12.8. The van der Waals surface area contributed by atoms with Crippen LogP contribution in [-0.2, 0) is 0 Å². The largest absolute Gasteiger partial charge is 0.492 e. The number of rotatable bonds is 6. The van der Waals surface area contributed by atoms with Gasteiger partial charge >= 0.3 is 0 Å². The number of hydrogen-bond donors (Lipinski definition) is 1. The van der Waals surface area contributed by atoms with Crippen molar-refractivity contribution in [3.63, 3.8) is 0 Å². The second-order valence-corrected chi connectivity index (χ2v) is 5.78. The molecule has 1 aliphatic rings. The molecule has 0 heterocycles. The van der Waals surface area contributed by atoms with Crippen molar-refractivity contribution in [3.8, 4) is 5.75 Å². The van der Waals surface area contributed by atoms with Crippen LogP contribution >= 0.6 is 35.8 Å². The number of nitrogens with two attached hydrogens (primary N) is 1. The zero-order chi connectivity index (χ0) is 12.3. The Kier molecular flexibility index (Phi) is 6.64. The summed E-state index contributed by atoms with van der Waals surface area (Å²) >= 11 is 7.84. The van der Waals surface area contributed by atoms with Crippen molar-refractivity contribution in [2.75, 3.05) is 25.2 Å². The molecule has 18 heavy (non-hydrogen) atoms. The lowest BCUT2D eigenvalue weighted by atomic mass is 10.1. The summed E-state index contributed by atoms with van der Waals surface area (Å²) in [6.45, 7) is 1.50. The van der Waals surface area contributed by atoms with Crippen LogP contribution in [0.5, 0.6) is 5.75 Å². The summed E-state index contributed by atoms with van der Waals surface area (Å²) in [5, 5.41) is 0.778. The van der Waals surface area contributed by atoms with E-state index in [9.17, 15) is 0 Å². The zero-order valence-electron chi connectivity index (χ0n) is 10.4. The molecule has 2 rings (SSSR count). The van der Waals surface area contributed by atoms with Gasteiger partial charge in [-0.1, -0.05) is 11.6 Å². The lowest BCUT2D eigenvalue weighted by molar-refractivity contribution is 0.340. The van der Waals surface area contributed by atoms with Crippen LogP contribution in [0.4, 0.5) is 0 Å². The Morgan fingerprint density at radius 3 is 2.89 bits per heavy atom. The number of benzene rings is 1. The summed E-state index contributed by atoms with van der Waals surface area (Å²) in [5.41, 5.74) is 6.92. The van der Waals surface area contributed by atoms with Gasteiger partial charge in [-0.15, -0.1) is 12.4 Å². The monoisotopic (exact) mass is 307 g/mol. The second-order valence-electron chi connectivity index (χ2n) is 4.36. The van der Waals surface area contributed by atoms with E-state index in [-0.39, 0.29) is 12.4 Å². The van der Waals surface area contributed by atoms with Gasteiger partial charge in [0.05, 0.1) is 6.61 Å². The van der Waals surface area contributed by atoms with Crippen LogP contribution in [0.15, 0.2) is 18.2 Å². The van der Waals surface area contributed by atoms with Gasteiger partial charge in [0.2, 0.25) is 0 Å². The molecule has 0 bridgehead atoms. The minimum absolute atomic E-state index is 0. The minimum atomic E-state index is 0. The van der Waals surface area contributed by atoms with E-state index < -0.39 is 0 Å². The molecule has 1 aromatic rings. The van der Waals surface area contributed by atoms with E-state index in [0.717, 1.165) is 36.1 Å². The quantitative estimate of drug-likeness (QED) is 0.816. The van der Waals surface area contributed by atoms with Gasteiger partial charge in [-0.2, -0.15) is 11.8 Å². The third-order valence-corrected chi connectivity index (χ3v) is 3.95. The Morgan fingerprint density at radius 1 is 1.50 bits per heavy atom. The summed E-state index contributed by atoms with van der Waals surface area (Å²) in [6, 6.07) is 5.89. The number of hydrogen-bond acceptors (Lipinski definition) is 3. The molecule has 0 radical (unpaired) electrons. The fourth-order valence-electron chi connectivity index (χ4n) is 2.06. The predicted molar refractivity (Wildman–Crippen MR) is 82.5 cm³/mol. The molecule has 1 aliphatic carbocycles. The number of ether oxygens (including phenoxy) is 1. The Morgan fingerprint density at radius 2 is 2.28 bits per heavy atom. The highest BCUT2D eigenvalue weighted by atomic mass is 35.5. The summed E-state index contributed by atoms with van der Waals surface area (Å²) < 4.78 is 5.81. The summed E-state index contributed by atoms with van der Waals surface area (Å²) in [5.74, 6) is 3.14. The smallest absolute Gasteiger partial charge is 0.122 e. The van der Waals surface area contributed by atoms with E-state index in [4.69, 9.17) is 22.1 Å². The number of thioether (sulfide) groups is 1. The van der Waals surface area contributed by atoms with Crippen LogP contribution in [0.2, 0.25) is 5.02 Å². The molecule has 2 atom stereocenters. The lowest BCUT2D eigenvalue weighted by Gasteiger charge is -2.11. The molecule has 0 aromatic heterocycles. The molecular weight excluding hydrogens is 289 g/mol. The van der Waals surface area contributed by atoms with Crippen LogP contribution in [-0.4, -0.2) is 25.2 Å². The van der Waals surface area contributed by atoms with E-state index >= 15 is 0 Å². The molecule has 0 aliphatic heterocycles. The van der Waals surface area contributed by atoms with Crippen LogP contribution in [0.1, 0.15) is 17.9 Å². The first-order chi connectivity index (χ1) is 8.26. The van der Waals surface area contributed by atoms with Crippen LogP contribution in [0.3, 0.4) is 0 Å². The maximum absolute atomic E-state index is 6.05. The fourth-order valence-corrected chi connectivity index (χ4v) is 2.50. The third-order valence-electron chi connectivity index (χ3n) is 3.14. The molecule has 5 heteroatoms. The molecule has 0 spiro atoms. The second kappa shape index (κ2) is 7.49. The average Bonchev–Trinajstić information content (AvgIpc) is 3.10. The maximum Gasteiger partial charge on any atom is 0.122 e. The molecule has 2 N–H and O–H groups in total. The molecule has 0 amide bonds. The fraction of sp³-hybridized carbons (Fsp3) is 0.538.